The number of rotatable bonds is 7. The summed E-state index contributed by atoms with van der Waals surface area (Å²) in [4.78, 5) is 20.6. The van der Waals surface area contributed by atoms with Gasteiger partial charge in [0.1, 0.15) is 5.76 Å². The highest BCUT2D eigenvalue weighted by Gasteiger charge is 2.56. The van der Waals surface area contributed by atoms with E-state index in [2.05, 4.69) is 59.8 Å². The zero-order valence-electron chi connectivity index (χ0n) is 23.8. The molecule has 3 unspecified atom stereocenters. The van der Waals surface area contributed by atoms with Crippen LogP contribution in [-0.4, -0.2) is 73.8 Å². The lowest BCUT2D eigenvalue weighted by Crippen LogP contribution is -2.53. The first-order chi connectivity index (χ1) is 18.4. The van der Waals surface area contributed by atoms with Crippen LogP contribution >= 0.6 is 0 Å². The van der Waals surface area contributed by atoms with Crippen LogP contribution in [0.2, 0.25) is 0 Å². The molecular formula is C31H43N3O4. The minimum Gasteiger partial charge on any atom is -0.501 e. The molecule has 0 N–H and O–H groups in total. The predicted molar refractivity (Wildman–Crippen MR) is 149 cm³/mol. The van der Waals surface area contributed by atoms with Crippen LogP contribution in [0.4, 0.5) is 4.79 Å². The number of carbonyl (C=O) groups excluding carboxylic acids is 1. The first kappa shape index (κ1) is 26.7. The van der Waals surface area contributed by atoms with Gasteiger partial charge in [-0.2, -0.15) is 0 Å². The number of likely N-dealkylation sites (N-methyl/N-ethyl adjacent to an activating group) is 1. The lowest BCUT2D eigenvalue weighted by Gasteiger charge is -2.44. The molecule has 1 aromatic carbocycles. The van der Waals surface area contributed by atoms with Gasteiger partial charge >= 0.3 is 6.03 Å². The minimum atomic E-state index is -0.253. The second-order valence-corrected chi connectivity index (χ2v) is 11.0. The number of allylic oxidation sites excluding steroid dienone is 4. The van der Waals surface area contributed by atoms with E-state index in [-0.39, 0.29) is 29.3 Å². The van der Waals surface area contributed by atoms with Crippen LogP contribution < -0.4 is 9.47 Å². The molecule has 3 aliphatic heterocycles. The van der Waals surface area contributed by atoms with Gasteiger partial charge < -0.3 is 19.1 Å². The van der Waals surface area contributed by atoms with Crippen molar-refractivity contribution in [2.45, 2.75) is 52.1 Å². The lowest BCUT2D eigenvalue weighted by molar-refractivity contribution is 0.0878. The highest BCUT2D eigenvalue weighted by molar-refractivity contribution is 5.82. The SMILES string of the molecule is CCC1=CC2CN3C(=O)N(CC)C4(CCN(Cc5cccc(OC)c5OC)CC4)C3=CC(C)C2C(OC)=C1. The Labute approximate surface area is 227 Å². The summed E-state index contributed by atoms with van der Waals surface area (Å²) in [6.07, 6.45) is 9.82. The van der Waals surface area contributed by atoms with Crippen molar-refractivity contribution in [2.24, 2.45) is 17.8 Å². The number of urea groups is 1. The van der Waals surface area contributed by atoms with Crippen LogP contribution in [0.5, 0.6) is 11.5 Å². The van der Waals surface area contributed by atoms with Gasteiger partial charge in [-0.15, -0.1) is 0 Å². The Morgan fingerprint density at radius 2 is 1.79 bits per heavy atom. The van der Waals surface area contributed by atoms with Crippen LogP contribution in [0.1, 0.15) is 45.6 Å². The normalized spacial score (nSPS) is 26.7. The maximum atomic E-state index is 13.9. The number of benzene rings is 1. The van der Waals surface area contributed by atoms with Gasteiger partial charge in [-0.3, -0.25) is 9.80 Å². The monoisotopic (exact) mass is 521 g/mol. The Kier molecular flexibility index (Phi) is 7.49. The van der Waals surface area contributed by atoms with Crippen LogP contribution in [0, 0.1) is 17.8 Å². The lowest BCUT2D eigenvalue weighted by atomic mass is 9.76. The highest BCUT2D eigenvalue weighted by Crippen LogP contribution is 2.49. The van der Waals surface area contributed by atoms with Gasteiger partial charge in [0.2, 0.25) is 0 Å². The fraction of sp³-hybridized carbons (Fsp3) is 0.581. The van der Waals surface area contributed by atoms with Crippen LogP contribution in [-0.2, 0) is 11.3 Å². The van der Waals surface area contributed by atoms with Crippen LogP contribution in [0.3, 0.4) is 0 Å². The third kappa shape index (κ3) is 4.29. The Balaban J connectivity index is 1.42. The van der Waals surface area contributed by atoms with Gasteiger partial charge in [0.05, 0.1) is 26.9 Å². The predicted octanol–water partition coefficient (Wildman–Crippen LogP) is 5.44. The number of piperidine rings is 1. The summed E-state index contributed by atoms with van der Waals surface area (Å²) in [5, 5.41) is 0. The number of methoxy groups -OCH3 is 3. The quantitative estimate of drug-likeness (QED) is 0.478. The van der Waals surface area contributed by atoms with E-state index in [0.29, 0.717) is 6.54 Å². The Bertz CT molecular complexity index is 1150. The number of amides is 2. The fourth-order valence-electron chi connectivity index (χ4n) is 7.32. The zero-order chi connectivity index (χ0) is 27.0. The number of ether oxygens (including phenoxy) is 3. The minimum absolute atomic E-state index is 0.162. The molecule has 5 rings (SSSR count). The number of nitrogens with zero attached hydrogens (tertiary/aromatic N) is 3. The number of hydrogen-bond acceptors (Lipinski definition) is 5. The molecule has 0 bridgehead atoms. The van der Waals surface area contributed by atoms with E-state index in [0.717, 1.165) is 68.3 Å². The van der Waals surface area contributed by atoms with Crippen molar-refractivity contribution in [3.8, 4) is 11.5 Å². The Hall–Kier alpha value is -2.93. The van der Waals surface area contributed by atoms with Gasteiger partial charge in [-0.1, -0.05) is 38.1 Å². The maximum absolute atomic E-state index is 13.9. The second-order valence-electron chi connectivity index (χ2n) is 11.0. The van der Waals surface area contributed by atoms with Crippen molar-refractivity contribution in [2.75, 3.05) is 47.5 Å². The molecule has 0 saturated carbocycles. The molecule has 1 spiro atoms. The standard InChI is InChI=1S/C31H43N3O4/c1-7-22-17-24-20-33-27(16-21(3)28(24)26(18-22)37-5)31(34(8-2)30(33)35)12-14-32(15-13-31)19-23-10-9-11-25(36-4)29(23)38-6/h9-11,16-18,21,24,28H,7-8,12-15,19-20H2,1-6H3. The molecule has 7 heteroatoms. The van der Waals surface area contributed by atoms with Gasteiger partial charge in [0.15, 0.2) is 11.5 Å². The first-order valence-corrected chi connectivity index (χ1v) is 14.1. The summed E-state index contributed by atoms with van der Waals surface area (Å²) in [6.45, 7) is 10.7. The third-order valence-electron chi connectivity index (χ3n) is 9.19. The Morgan fingerprint density at radius 3 is 2.42 bits per heavy atom. The van der Waals surface area contributed by atoms with Gasteiger partial charge in [0, 0.05) is 55.8 Å². The molecule has 206 valence electrons. The average Bonchev–Trinajstić information content (AvgIpc) is 3.04. The molecule has 1 aromatic rings. The van der Waals surface area contributed by atoms with Crippen molar-refractivity contribution < 1.29 is 19.0 Å². The number of hydrogen-bond donors (Lipinski definition) is 0. The van der Waals surface area contributed by atoms with Gasteiger partial charge in [-0.05, 0) is 49.8 Å². The number of likely N-dealkylation sites (tertiary alicyclic amines) is 1. The summed E-state index contributed by atoms with van der Waals surface area (Å²) < 4.78 is 17.1. The summed E-state index contributed by atoms with van der Waals surface area (Å²) in [5.74, 6) is 3.41. The molecule has 1 aliphatic carbocycles. The summed E-state index contributed by atoms with van der Waals surface area (Å²) >= 11 is 0. The zero-order valence-corrected chi connectivity index (χ0v) is 23.8. The third-order valence-corrected chi connectivity index (χ3v) is 9.19. The van der Waals surface area contributed by atoms with Crippen LogP contribution in [0.15, 0.2) is 53.5 Å². The van der Waals surface area contributed by atoms with Crippen molar-refractivity contribution in [3.05, 3.63) is 59.0 Å². The average molecular weight is 522 g/mol. The van der Waals surface area contributed by atoms with E-state index >= 15 is 0 Å². The smallest absolute Gasteiger partial charge is 0.325 e. The van der Waals surface area contributed by atoms with Crippen molar-refractivity contribution in [3.63, 3.8) is 0 Å². The molecule has 7 nitrogen and oxygen atoms in total. The molecule has 4 aliphatic rings. The van der Waals surface area contributed by atoms with E-state index in [9.17, 15) is 4.79 Å². The number of para-hydroxylation sites is 1. The van der Waals surface area contributed by atoms with E-state index in [1.54, 1.807) is 21.3 Å². The van der Waals surface area contributed by atoms with Gasteiger partial charge in [0.25, 0.3) is 0 Å². The van der Waals surface area contributed by atoms with E-state index < -0.39 is 0 Å². The largest absolute Gasteiger partial charge is 0.501 e. The molecule has 38 heavy (non-hydrogen) atoms. The molecule has 2 saturated heterocycles. The van der Waals surface area contributed by atoms with Crippen molar-refractivity contribution >= 4 is 6.03 Å². The topological polar surface area (TPSA) is 54.5 Å². The first-order valence-electron chi connectivity index (χ1n) is 14.1. The second kappa shape index (κ2) is 10.7. The Morgan fingerprint density at radius 1 is 1.03 bits per heavy atom. The molecule has 0 radical (unpaired) electrons. The van der Waals surface area contributed by atoms with E-state index in [4.69, 9.17) is 14.2 Å². The number of fused-ring (bicyclic) bond motifs is 3. The molecule has 3 atom stereocenters. The molecular weight excluding hydrogens is 478 g/mol. The molecule has 0 aromatic heterocycles. The van der Waals surface area contributed by atoms with E-state index in [1.807, 2.05) is 12.1 Å². The number of carbonyl (C=O) groups is 1. The van der Waals surface area contributed by atoms with Crippen molar-refractivity contribution in [1.82, 2.24) is 14.7 Å². The maximum Gasteiger partial charge on any atom is 0.325 e. The highest BCUT2D eigenvalue weighted by atomic mass is 16.5. The van der Waals surface area contributed by atoms with E-state index in [1.165, 1.54) is 11.3 Å². The fourth-order valence-corrected chi connectivity index (χ4v) is 7.32. The van der Waals surface area contributed by atoms with Crippen molar-refractivity contribution in [1.29, 1.82) is 0 Å². The summed E-state index contributed by atoms with van der Waals surface area (Å²) in [5.41, 5.74) is 3.39. The van der Waals surface area contributed by atoms with Gasteiger partial charge in [-0.25, -0.2) is 4.79 Å². The molecule has 2 amide bonds. The summed E-state index contributed by atoms with van der Waals surface area (Å²) in [7, 11) is 5.16. The molecule has 2 fully saturated rings. The molecule has 3 heterocycles. The summed E-state index contributed by atoms with van der Waals surface area (Å²) in [6, 6.07) is 6.23. The van der Waals surface area contributed by atoms with Crippen LogP contribution in [0.25, 0.3) is 0 Å².